The molecular formula is C6H13OP. The van der Waals surface area contributed by atoms with Crippen molar-refractivity contribution in [3.8, 4) is 0 Å². The molecule has 0 radical (unpaired) electrons. The lowest BCUT2D eigenvalue weighted by atomic mass is 10.9. The average Bonchev–Trinajstić information content (AvgIpc) is 1.66. The van der Waals surface area contributed by atoms with Gasteiger partial charge in [0.1, 0.15) is 0 Å². The summed E-state index contributed by atoms with van der Waals surface area (Å²) in [6.45, 7) is 7.13. The van der Waals surface area contributed by atoms with E-state index in [1.807, 2.05) is 6.92 Å². The number of ether oxygens (including phenoxy) is 1. The Balaban J connectivity index is 3.07. The molecule has 0 aromatic rings. The van der Waals surface area contributed by atoms with Gasteiger partial charge in [0.2, 0.25) is 0 Å². The summed E-state index contributed by atoms with van der Waals surface area (Å²) in [6.07, 6.45) is 1.78. The van der Waals surface area contributed by atoms with Crippen LogP contribution in [-0.2, 0) is 4.74 Å². The summed E-state index contributed by atoms with van der Waals surface area (Å²) in [5.74, 6) is 2.10. The van der Waals surface area contributed by atoms with Crippen LogP contribution in [0.15, 0.2) is 12.1 Å². The van der Waals surface area contributed by atoms with E-state index >= 15 is 0 Å². The fourth-order valence-corrected chi connectivity index (χ4v) is 0.590. The second-order valence-corrected chi connectivity index (χ2v) is 3.93. The summed E-state index contributed by atoms with van der Waals surface area (Å²) in [5, 5.41) is 0. The molecule has 0 N–H and O–H groups in total. The largest absolute Gasteiger partial charge is 0.501 e. The molecule has 0 aromatic heterocycles. The predicted molar refractivity (Wildman–Crippen MR) is 39.5 cm³/mol. The number of hydrogen-bond donors (Lipinski definition) is 0. The van der Waals surface area contributed by atoms with Crippen LogP contribution in [0, 0.1) is 0 Å². The zero-order chi connectivity index (χ0) is 6.41. The van der Waals surface area contributed by atoms with Crippen molar-refractivity contribution in [1.29, 1.82) is 0 Å². The fraction of sp³-hybridized carbons (Fsp3) is 0.667. The van der Waals surface area contributed by atoms with Crippen LogP contribution in [0.5, 0.6) is 0 Å². The van der Waals surface area contributed by atoms with E-state index in [0.29, 0.717) is 0 Å². The van der Waals surface area contributed by atoms with Gasteiger partial charge in [-0.05, 0) is 26.1 Å². The molecule has 0 aromatic carbocycles. The summed E-state index contributed by atoms with van der Waals surface area (Å²) < 4.78 is 4.98. The molecule has 0 unspecified atom stereocenters. The van der Waals surface area contributed by atoms with Gasteiger partial charge >= 0.3 is 0 Å². The smallest absolute Gasteiger partial charge is 0.0845 e. The van der Waals surface area contributed by atoms with Crippen LogP contribution in [0.3, 0.4) is 0 Å². The SMILES string of the molecule is CCO/C=C/P(C)C. The van der Waals surface area contributed by atoms with Gasteiger partial charge < -0.3 is 4.74 Å². The molecule has 0 amide bonds. The Morgan fingerprint density at radius 1 is 1.50 bits per heavy atom. The molecular weight excluding hydrogens is 119 g/mol. The Hall–Kier alpha value is -0.0300. The van der Waals surface area contributed by atoms with Crippen molar-refractivity contribution >= 4 is 7.92 Å². The Morgan fingerprint density at radius 3 is 2.50 bits per heavy atom. The Kier molecular flexibility index (Phi) is 5.09. The number of rotatable bonds is 3. The minimum absolute atomic E-state index is 0.0824. The lowest BCUT2D eigenvalue weighted by Gasteiger charge is -1.94. The third kappa shape index (κ3) is 5.97. The van der Waals surface area contributed by atoms with Gasteiger partial charge in [-0.15, -0.1) is 0 Å². The molecule has 0 saturated carbocycles. The van der Waals surface area contributed by atoms with Crippen molar-refractivity contribution < 1.29 is 4.74 Å². The molecule has 8 heavy (non-hydrogen) atoms. The minimum atomic E-state index is 0.0824. The highest BCUT2D eigenvalue weighted by Gasteiger charge is 1.78. The second kappa shape index (κ2) is 5.11. The van der Waals surface area contributed by atoms with Crippen molar-refractivity contribution in [3.05, 3.63) is 12.1 Å². The standard InChI is InChI=1S/C6H13OP/c1-4-7-5-6-8(2)3/h5-6H,4H2,1-3H3/b6-5+. The first-order chi connectivity index (χ1) is 3.77. The molecule has 0 saturated heterocycles. The fourth-order valence-electron chi connectivity index (χ4n) is 0.261. The highest BCUT2D eigenvalue weighted by molar-refractivity contribution is 7.59. The molecule has 2 heteroatoms. The number of hydrogen-bond acceptors (Lipinski definition) is 1. The molecule has 0 atom stereocenters. The van der Waals surface area contributed by atoms with Gasteiger partial charge in [0.05, 0.1) is 12.9 Å². The highest BCUT2D eigenvalue weighted by Crippen LogP contribution is 2.25. The first-order valence-electron chi connectivity index (χ1n) is 2.72. The highest BCUT2D eigenvalue weighted by atomic mass is 31.1. The van der Waals surface area contributed by atoms with Crippen LogP contribution in [0.4, 0.5) is 0 Å². The third-order valence-electron chi connectivity index (χ3n) is 0.622. The molecule has 0 fully saturated rings. The lowest BCUT2D eigenvalue weighted by molar-refractivity contribution is 0.270. The van der Waals surface area contributed by atoms with Crippen molar-refractivity contribution in [2.24, 2.45) is 0 Å². The van der Waals surface area contributed by atoms with Crippen molar-refractivity contribution in [1.82, 2.24) is 0 Å². The summed E-state index contributed by atoms with van der Waals surface area (Å²) in [4.78, 5) is 0. The van der Waals surface area contributed by atoms with E-state index in [1.165, 1.54) is 0 Å². The van der Waals surface area contributed by atoms with Gasteiger partial charge in [-0.25, -0.2) is 0 Å². The Bertz CT molecular complexity index is 68.9. The quantitative estimate of drug-likeness (QED) is 0.422. The van der Waals surface area contributed by atoms with E-state index in [1.54, 1.807) is 6.26 Å². The average molecular weight is 132 g/mol. The van der Waals surface area contributed by atoms with Crippen LogP contribution >= 0.6 is 7.92 Å². The maximum atomic E-state index is 4.98. The normalized spacial score (nSPS) is 11.0. The molecule has 48 valence electrons. The van der Waals surface area contributed by atoms with Gasteiger partial charge in [-0.2, -0.15) is 0 Å². The van der Waals surface area contributed by atoms with Gasteiger partial charge in [-0.1, -0.05) is 7.92 Å². The van der Waals surface area contributed by atoms with Crippen LogP contribution in [0.2, 0.25) is 0 Å². The van der Waals surface area contributed by atoms with Crippen molar-refractivity contribution in [2.45, 2.75) is 6.92 Å². The molecule has 0 spiro atoms. The maximum Gasteiger partial charge on any atom is 0.0845 e. The van der Waals surface area contributed by atoms with Crippen LogP contribution in [0.1, 0.15) is 6.92 Å². The van der Waals surface area contributed by atoms with Crippen LogP contribution < -0.4 is 0 Å². The van der Waals surface area contributed by atoms with Gasteiger partial charge in [-0.3, -0.25) is 0 Å². The van der Waals surface area contributed by atoms with Crippen LogP contribution in [0.25, 0.3) is 0 Å². The van der Waals surface area contributed by atoms with E-state index in [4.69, 9.17) is 4.74 Å². The molecule has 0 aliphatic rings. The second-order valence-electron chi connectivity index (χ2n) is 1.70. The summed E-state index contributed by atoms with van der Waals surface area (Å²) in [7, 11) is 0.0824. The zero-order valence-electron chi connectivity index (χ0n) is 5.72. The summed E-state index contributed by atoms with van der Waals surface area (Å²) in [6, 6.07) is 0. The summed E-state index contributed by atoms with van der Waals surface area (Å²) in [5.41, 5.74) is 0. The molecule has 0 heterocycles. The first-order valence-corrected chi connectivity index (χ1v) is 5.02. The van der Waals surface area contributed by atoms with Crippen molar-refractivity contribution in [2.75, 3.05) is 19.9 Å². The lowest BCUT2D eigenvalue weighted by Crippen LogP contribution is -1.74. The minimum Gasteiger partial charge on any atom is -0.501 e. The van der Waals surface area contributed by atoms with Crippen LogP contribution in [-0.4, -0.2) is 19.9 Å². The van der Waals surface area contributed by atoms with Gasteiger partial charge in [0.15, 0.2) is 0 Å². The maximum absolute atomic E-state index is 4.98. The topological polar surface area (TPSA) is 9.23 Å². The van der Waals surface area contributed by atoms with E-state index in [-0.39, 0.29) is 7.92 Å². The zero-order valence-corrected chi connectivity index (χ0v) is 6.61. The summed E-state index contributed by atoms with van der Waals surface area (Å²) >= 11 is 0. The Morgan fingerprint density at radius 2 is 2.12 bits per heavy atom. The molecule has 0 aliphatic heterocycles. The van der Waals surface area contributed by atoms with E-state index in [2.05, 4.69) is 19.1 Å². The Labute approximate surface area is 52.5 Å². The third-order valence-corrected chi connectivity index (χ3v) is 1.34. The monoisotopic (exact) mass is 132 g/mol. The van der Waals surface area contributed by atoms with Gasteiger partial charge in [0, 0.05) is 0 Å². The predicted octanol–water partition coefficient (Wildman–Crippen LogP) is 2.24. The van der Waals surface area contributed by atoms with E-state index in [0.717, 1.165) is 6.61 Å². The molecule has 1 nitrogen and oxygen atoms in total. The van der Waals surface area contributed by atoms with E-state index < -0.39 is 0 Å². The first kappa shape index (κ1) is 7.97. The van der Waals surface area contributed by atoms with Crippen molar-refractivity contribution in [3.63, 3.8) is 0 Å². The molecule has 0 bridgehead atoms. The van der Waals surface area contributed by atoms with Gasteiger partial charge in [0.25, 0.3) is 0 Å². The van der Waals surface area contributed by atoms with E-state index in [9.17, 15) is 0 Å². The molecule has 0 rings (SSSR count). The molecule has 0 aliphatic carbocycles.